The van der Waals surface area contributed by atoms with Crippen molar-refractivity contribution in [1.29, 1.82) is 0 Å². The van der Waals surface area contributed by atoms with Gasteiger partial charge in [0.05, 0.1) is 16.9 Å². The first kappa shape index (κ1) is 17.8. The zero-order valence-corrected chi connectivity index (χ0v) is 16.5. The first-order valence-electron chi connectivity index (χ1n) is 9.37. The highest BCUT2D eigenvalue weighted by Gasteiger charge is 2.39. The molecule has 27 heavy (non-hydrogen) atoms. The SMILES string of the molecule is CC(C)c1cc(=O)oc2c3c(c4c(c12)OC(C)(C)C=C4)OC(C)C(C)C3=O. The maximum Gasteiger partial charge on any atom is 0.336 e. The third-order valence-electron chi connectivity index (χ3n) is 5.47. The Labute approximate surface area is 158 Å². The average molecular weight is 368 g/mol. The molecule has 0 saturated heterocycles. The van der Waals surface area contributed by atoms with Crippen molar-refractivity contribution < 1.29 is 18.7 Å². The van der Waals surface area contributed by atoms with Gasteiger partial charge in [0.25, 0.3) is 0 Å². The Balaban J connectivity index is 2.22. The summed E-state index contributed by atoms with van der Waals surface area (Å²) < 4.78 is 18.0. The minimum Gasteiger partial charge on any atom is -0.488 e. The number of carbonyl (C=O) groups is 1. The lowest BCUT2D eigenvalue weighted by Gasteiger charge is -2.34. The highest BCUT2D eigenvalue weighted by Crippen LogP contribution is 2.49. The third-order valence-corrected chi connectivity index (χ3v) is 5.47. The number of hydrogen-bond donors (Lipinski definition) is 0. The highest BCUT2D eigenvalue weighted by atomic mass is 16.5. The summed E-state index contributed by atoms with van der Waals surface area (Å²) in [7, 11) is 0. The molecule has 142 valence electrons. The molecule has 0 N–H and O–H groups in total. The summed E-state index contributed by atoms with van der Waals surface area (Å²) in [5.74, 6) is 0.727. The first-order valence-corrected chi connectivity index (χ1v) is 9.37. The molecule has 0 saturated carbocycles. The van der Waals surface area contributed by atoms with Crippen molar-refractivity contribution in [2.24, 2.45) is 5.92 Å². The summed E-state index contributed by atoms with van der Waals surface area (Å²) >= 11 is 0. The molecule has 4 rings (SSSR count). The third kappa shape index (κ3) is 2.59. The summed E-state index contributed by atoms with van der Waals surface area (Å²) in [6.07, 6.45) is 3.63. The number of ether oxygens (including phenoxy) is 2. The molecule has 0 aliphatic carbocycles. The van der Waals surface area contributed by atoms with Crippen molar-refractivity contribution >= 4 is 22.8 Å². The summed E-state index contributed by atoms with van der Waals surface area (Å²) in [6.45, 7) is 11.6. The van der Waals surface area contributed by atoms with Crippen LogP contribution in [0.2, 0.25) is 0 Å². The second kappa shape index (κ2) is 5.72. The predicted octanol–water partition coefficient (Wildman–Crippen LogP) is 4.70. The number of ketones is 1. The van der Waals surface area contributed by atoms with E-state index in [0.29, 0.717) is 22.4 Å². The molecule has 0 bridgehead atoms. The average Bonchev–Trinajstić information content (AvgIpc) is 2.57. The molecule has 2 aliphatic heterocycles. The largest absolute Gasteiger partial charge is 0.488 e. The molecule has 1 aromatic heterocycles. The van der Waals surface area contributed by atoms with Gasteiger partial charge < -0.3 is 13.9 Å². The van der Waals surface area contributed by atoms with E-state index >= 15 is 0 Å². The van der Waals surface area contributed by atoms with Gasteiger partial charge in [-0.25, -0.2) is 4.79 Å². The molecule has 0 fully saturated rings. The summed E-state index contributed by atoms with van der Waals surface area (Å²) in [5, 5.41) is 0.689. The van der Waals surface area contributed by atoms with Crippen molar-refractivity contribution in [1.82, 2.24) is 0 Å². The topological polar surface area (TPSA) is 65.7 Å². The Morgan fingerprint density at radius 1 is 1.11 bits per heavy atom. The van der Waals surface area contributed by atoms with Gasteiger partial charge in [0.15, 0.2) is 11.4 Å². The van der Waals surface area contributed by atoms with Gasteiger partial charge in [-0.3, -0.25) is 4.79 Å². The zero-order valence-electron chi connectivity index (χ0n) is 16.5. The molecule has 0 spiro atoms. The maximum absolute atomic E-state index is 13.1. The van der Waals surface area contributed by atoms with E-state index in [2.05, 4.69) is 0 Å². The van der Waals surface area contributed by atoms with E-state index in [4.69, 9.17) is 13.9 Å². The first-order chi connectivity index (χ1) is 12.6. The Morgan fingerprint density at radius 2 is 1.81 bits per heavy atom. The second-order valence-corrected chi connectivity index (χ2v) is 8.34. The summed E-state index contributed by atoms with van der Waals surface area (Å²) in [4.78, 5) is 25.4. The van der Waals surface area contributed by atoms with Crippen LogP contribution in [-0.4, -0.2) is 17.5 Å². The molecule has 5 heteroatoms. The van der Waals surface area contributed by atoms with Crippen molar-refractivity contribution in [2.45, 2.75) is 59.2 Å². The molecule has 1 aromatic carbocycles. The van der Waals surface area contributed by atoms with Crippen LogP contribution >= 0.6 is 0 Å². The normalized spacial score (nSPS) is 23.0. The van der Waals surface area contributed by atoms with Crippen LogP contribution in [0.5, 0.6) is 11.5 Å². The predicted molar refractivity (Wildman–Crippen MR) is 104 cm³/mol. The fraction of sp³-hybridized carbons (Fsp3) is 0.455. The van der Waals surface area contributed by atoms with E-state index in [-0.39, 0.29) is 29.3 Å². The van der Waals surface area contributed by atoms with Gasteiger partial charge >= 0.3 is 5.63 Å². The van der Waals surface area contributed by atoms with Crippen molar-refractivity contribution in [3.63, 3.8) is 0 Å². The summed E-state index contributed by atoms with van der Waals surface area (Å²) in [6, 6.07) is 1.49. The van der Waals surface area contributed by atoms with Crippen LogP contribution in [0, 0.1) is 5.92 Å². The van der Waals surface area contributed by atoms with Crippen LogP contribution in [0.1, 0.15) is 68.9 Å². The van der Waals surface area contributed by atoms with E-state index < -0.39 is 11.2 Å². The number of rotatable bonds is 1. The Hall–Kier alpha value is -2.56. The highest BCUT2D eigenvalue weighted by molar-refractivity contribution is 6.14. The van der Waals surface area contributed by atoms with Gasteiger partial charge in [-0.15, -0.1) is 0 Å². The quantitative estimate of drug-likeness (QED) is 0.683. The molecule has 3 heterocycles. The monoisotopic (exact) mass is 368 g/mol. The Bertz CT molecular complexity index is 1050. The zero-order chi connectivity index (χ0) is 19.7. The Morgan fingerprint density at radius 3 is 2.48 bits per heavy atom. The second-order valence-electron chi connectivity index (χ2n) is 8.34. The van der Waals surface area contributed by atoms with Crippen molar-refractivity contribution in [3.8, 4) is 11.5 Å². The van der Waals surface area contributed by atoms with Crippen LogP contribution in [-0.2, 0) is 0 Å². The molecular weight excluding hydrogens is 344 g/mol. The van der Waals surface area contributed by atoms with Gasteiger partial charge in [0.2, 0.25) is 0 Å². The molecule has 0 amide bonds. The minimum absolute atomic E-state index is 0.0623. The van der Waals surface area contributed by atoms with Gasteiger partial charge in [-0.2, -0.15) is 0 Å². The van der Waals surface area contributed by atoms with Crippen LogP contribution < -0.4 is 15.1 Å². The number of hydrogen-bond acceptors (Lipinski definition) is 5. The number of Topliss-reactive ketones (excluding diaryl/α,β-unsaturated/α-hetero) is 1. The van der Waals surface area contributed by atoms with Crippen LogP contribution in [0.25, 0.3) is 17.0 Å². The van der Waals surface area contributed by atoms with Crippen LogP contribution in [0.15, 0.2) is 21.4 Å². The van der Waals surface area contributed by atoms with Crippen LogP contribution in [0.3, 0.4) is 0 Å². The molecule has 5 nitrogen and oxygen atoms in total. The van der Waals surface area contributed by atoms with E-state index in [0.717, 1.165) is 11.1 Å². The summed E-state index contributed by atoms with van der Waals surface area (Å²) in [5.41, 5.74) is 1.18. The smallest absolute Gasteiger partial charge is 0.336 e. The lowest BCUT2D eigenvalue weighted by molar-refractivity contribution is 0.0728. The molecule has 0 radical (unpaired) electrons. The standard InChI is InChI=1S/C22H24O5/c1-10(2)14-9-15(23)26-21-16(14)20-13(7-8-22(5,6)27-20)19-17(21)18(24)11(3)12(4)25-19/h7-12H,1-6H3. The molecule has 2 atom stereocenters. The van der Waals surface area contributed by atoms with Gasteiger partial charge in [-0.1, -0.05) is 20.8 Å². The molecular formula is C22H24O5. The number of fused-ring (bicyclic) bond motifs is 6. The number of benzene rings is 1. The van der Waals surface area contributed by atoms with Gasteiger partial charge in [0.1, 0.15) is 28.8 Å². The lowest BCUT2D eigenvalue weighted by Crippen LogP contribution is -2.35. The van der Waals surface area contributed by atoms with Gasteiger partial charge in [-0.05, 0) is 44.4 Å². The van der Waals surface area contributed by atoms with E-state index in [1.165, 1.54) is 6.07 Å². The van der Waals surface area contributed by atoms with E-state index in [9.17, 15) is 9.59 Å². The molecule has 2 aromatic rings. The minimum atomic E-state index is -0.518. The fourth-order valence-electron chi connectivity index (χ4n) is 3.77. The van der Waals surface area contributed by atoms with Crippen molar-refractivity contribution in [3.05, 3.63) is 39.3 Å². The number of carbonyl (C=O) groups excluding carboxylic acids is 1. The molecule has 2 unspecified atom stereocenters. The van der Waals surface area contributed by atoms with Gasteiger partial charge in [0, 0.05) is 6.07 Å². The fourth-order valence-corrected chi connectivity index (χ4v) is 3.77. The van der Waals surface area contributed by atoms with E-state index in [1.807, 2.05) is 53.7 Å². The lowest BCUT2D eigenvalue weighted by atomic mass is 9.85. The van der Waals surface area contributed by atoms with Crippen molar-refractivity contribution in [2.75, 3.05) is 0 Å². The molecule has 2 aliphatic rings. The Kier molecular flexibility index (Phi) is 3.78. The van der Waals surface area contributed by atoms with Crippen LogP contribution in [0.4, 0.5) is 0 Å². The maximum atomic E-state index is 13.1. The van der Waals surface area contributed by atoms with E-state index in [1.54, 1.807) is 0 Å².